The zero-order valence-electron chi connectivity index (χ0n) is 12.2. The lowest BCUT2D eigenvalue weighted by Crippen LogP contribution is -2.47. The first-order chi connectivity index (χ1) is 9.22. The van der Waals surface area contributed by atoms with Gasteiger partial charge in [-0.15, -0.1) is 0 Å². The minimum Gasteiger partial charge on any atom is -0.311 e. The van der Waals surface area contributed by atoms with E-state index in [1.165, 1.54) is 43.6 Å². The maximum atomic E-state index is 3.90. The van der Waals surface area contributed by atoms with Gasteiger partial charge in [-0.2, -0.15) is 0 Å². The number of fused-ring (bicyclic) bond motifs is 2. The molecular formula is C17H26N2. The Morgan fingerprint density at radius 1 is 1.26 bits per heavy atom. The first kappa shape index (κ1) is 13.1. The average Bonchev–Trinajstić information content (AvgIpc) is 2.79. The number of piperidine rings is 1. The predicted molar refractivity (Wildman–Crippen MR) is 80.4 cm³/mol. The highest BCUT2D eigenvalue weighted by molar-refractivity contribution is 5.26. The van der Waals surface area contributed by atoms with E-state index < -0.39 is 0 Å². The van der Waals surface area contributed by atoms with Crippen molar-refractivity contribution in [2.24, 2.45) is 5.92 Å². The Labute approximate surface area is 117 Å². The molecule has 2 fully saturated rings. The third-order valence-electron chi connectivity index (χ3n) is 4.92. The second-order valence-electron chi connectivity index (χ2n) is 6.44. The first-order valence-corrected chi connectivity index (χ1v) is 7.75. The molecule has 19 heavy (non-hydrogen) atoms. The van der Waals surface area contributed by atoms with E-state index in [1.54, 1.807) is 0 Å². The summed E-state index contributed by atoms with van der Waals surface area (Å²) in [6.45, 7) is 8.51. The van der Waals surface area contributed by atoms with Crippen molar-refractivity contribution in [3.05, 3.63) is 35.4 Å². The van der Waals surface area contributed by atoms with Crippen molar-refractivity contribution >= 4 is 0 Å². The Hall–Kier alpha value is -0.860. The van der Waals surface area contributed by atoms with Crippen LogP contribution < -0.4 is 5.32 Å². The van der Waals surface area contributed by atoms with E-state index in [4.69, 9.17) is 0 Å². The van der Waals surface area contributed by atoms with E-state index >= 15 is 0 Å². The summed E-state index contributed by atoms with van der Waals surface area (Å²) in [5.74, 6) is 0.896. The summed E-state index contributed by atoms with van der Waals surface area (Å²) in [6.07, 6.45) is 3.89. The Morgan fingerprint density at radius 3 is 2.89 bits per heavy atom. The normalized spacial score (nSPS) is 31.4. The molecule has 0 radical (unpaired) electrons. The van der Waals surface area contributed by atoms with Crippen LogP contribution in [0.15, 0.2) is 24.3 Å². The van der Waals surface area contributed by atoms with Gasteiger partial charge in [-0.25, -0.2) is 0 Å². The summed E-state index contributed by atoms with van der Waals surface area (Å²) >= 11 is 0. The third kappa shape index (κ3) is 3.01. The topological polar surface area (TPSA) is 15.3 Å². The lowest BCUT2D eigenvalue weighted by molar-refractivity contribution is 0.211. The summed E-state index contributed by atoms with van der Waals surface area (Å²) in [5.41, 5.74) is 2.91. The maximum Gasteiger partial charge on any atom is 0.0123 e. The van der Waals surface area contributed by atoms with Crippen LogP contribution in [0.5, 0.6) is 0 Å². The maximum absolute atomic E-state index is 3.90. The minimum absolute atomic E-state index is 0.582. The predicted octanol–water partition coefficient (Wildman–Crippen LogP) is 2.61. The molecule has 2 aliphatic heterocycles. The number of nitrogens with zero attached hydrogens (tertiary/aromatic N) is 1. The number of aryl methyl sites for hydroxylation is 1. The number of hydrogen-bond acceptors (Lipinski definition) is 2. The SMILES string of the molecule is Cc1ccccc1CC(C)NC1CCN2CCC1C2. The van der Waals surface area contributed by atoms with Crippen molar-refractivity contribution in [1.29, 1.82) is 0 Å². The van der Waals surface area contributed by atoms with Gasteiger partial charge in [0.25, 0.3) is 0 Å². The summed E-state index contributed by atoms with van der Waals surface area (Å²) in [7, 11) is 0. The highest BCUT2D eigenvalue weighted by Gasteiger charge is 2.34. The highest BCUT2D eigenvalue weighted by Crippen LogP contribution is 2.27. The van der Waals surface area contributed by atoms with E-state index in [-0.39, 0.29) is 0 Å². The molecule has 0 aromatic heterocycles. The van der Waals surface area contributed by atoms with Crippen LogP contribution in [0.4, 0.5) is 0 Å². The zero-order valence-corrected chi connectivity index (χ0v) is 12.2. The molecule has 2 heteroatoms. The Bertz CT molecular complexity index is 429. The van der Waals surface area contributed by atoms with E-state index in [0.29, 0.717) is 6.04 Å². The van der Waals surface area contributed by atoms with Gasteiger partial charge in [0.2, 0.25) is 0 Å². The van der Waals surface area contributed by atoms with Gasteiger partial charge in [0.1, 0.15) is 0 Å². The highest BCUT2D eigenvalue weighted by atomic mass is 15.2. The van der Waals surface area contributed by atoms with E-state index in [0.717, 1.165) is 18.4 Å². The second kappa shape index (κ2) is 5.64. The van der Waals surface area contributed by atoms with Crippen LogP contribution in [0, 0.1) is 12.8 Å². The van der Waals surface area contributed by atoms with Gasteiger partial charge in [0.05, 0.1) is 0 Å². The lowest BCUT2D eigenvalue weighted by atomic mass is 9.92. The monoisotopic (exact) mass is 258 g/mol. The van der Waals surface area contributed by atoms with Gasteiger partial charge in [0.15, 0.2) is 0 Å². The molecule has 4 atom stereocenters. The summed E-state index contributed by atoms with van der Waals surface area (Å²) in [5, 5.41) is 3.90. The molecular weight excluding hydrogens is 232 g/mol. The Kier molecular flexibility index (Phi) is 3.90. The van der Waals surface area contributed by atoms with E-state index in [1.807, 2.05) is 0 Å². The van der Waals surface area contributed by atoms with Crippen LogP contribution in [0.3, 0.4) is 0 Å². The molecule has 0 aliphatic carbocycles. The fraction of sp³-hybridized carbons (Fsp3) is 0.647. The molecule has 0 amide bonds. The van der Waals surface area contributed by atoms with E-state index in [2.05, 4.69) is 48.3 Å². The largest absolute Gasteiger partial charge is 0.311 e. The summed E-state index contributed by atoms with van der Waals surface area (Å²) < 4.78 is 0. The molecule has 2 bridgehead atoms. The summed E-state index contributed by atoms with van der Waals surface area (Å²) in [4.78, 5) is 2.62. The molecule has 0 saturated carbocycles. The molecule has 0 spiro atoms. The standard InChI is InChI=1S/C17H26N2/c1-13-5-3-4-6-15(13)11-14(2)18-17-8-10-19-9-7-16(17)12-19/h3-6,14,16-18H,7-12H2,1-2H3. The number of benzene rings is 1. The number of hydrogen-bond donors (Lipinski definition) is 1. The van der Waals surface area contributed by atoms with Gasteiger partial charge in [0, 0.05) is 18.6 Å². The zero-order chi connectivity index (χ0) is 13.2. The Morgan fingerprint density at radius 2 is 2.05 bits per heavy atom. The van der Waals surface area contributed by atoms with Crippen LogP contribution in [0.2, 0.25) is 0 Å². The first-order valence-electron chi connectivity index (χ1n) is 7.75. The van der Waals surface area contributed by atoms with Crippen LogP contribution in [0.1, 0.15) is 30.9 Å². The van der Waals surface area contributed by atoms with Crippen molar-refractivity contribution < 1.29 is 0 Å². The lowest BCUT2D eigenvalue weighted by Gasteiger charge is -2.33. The van der Waals surface area contributed by atoms with Crippen LogP contribution in [-0.2, 0) is 6.42 Å². The van der Waals surface area contributed by atoms with Crippen molar-refractivity contribution in [2.45, 2.75) is 45.2 Å². The van der Waals surface area contributed by atoms with Crippen LogP contribution in [-0.4, -0.2) is 36.6 Å². The molecule has 2 heterocycles. The molecule has 3 rings (SSSR count). The third-order valence-corrected chi connectivity index (χ3v) is 4.92. The van der Waals surface area contributed by atoms with Gasteiger partial charge < -0.3 is 10.2 Å². The molecule has 2 saturated heterocycles. The van der Waals surface area contributed by atoms with Gasteiger partial charge in [-0.3, -0.25) is 0 Å². The Balaban J connectivity index is 1.56. The van der Waals surface area contributed by atoms with Crippen molar-refractivity contribution in [1.82, 2.24) is 10.2 Å². The van der Waals surface area contributed by atoms with E-state index in [9.17, 15) is 0 Å². The van der Waals surface area contributed by atoms with Crippen molar-refractivity contribution in [3.8, 4) is 0 Å². The quantitative estimate of drug-likeness (QED) is 0.893. The fourth-order valence-electron chi connectivity index (χ4n) is 3.76. The van der Waals surface area contributed by atoms with Crippen LogP contribution in [0.25, 0.3) is 0 Å². The molecule has 104 valence electrons. The number of rotatable bonds is 4. The molecule has 1 N–H and O–H groups in total. The number of nitrogens with one attached hydrogen (secondary N) is 1. The molecule has 1 aromatic rings. The van der Waals surface area contributed by atoms with Gasteiger partial charge in [-0.1, -0.05) is 24.3 Å². The van der Waals surface area contributed by atoms with Crippen LogP contribution >= 0.6 is 0 Å². The summed E-state index contributed by atoms with van der Waals surface area (Å²) in [6, 6.07) is 10.1. The van der Waals surface area contributed by atoms with Crippen molar-refractivity contribution in [3.63, 3.8) is 0 Å². The smallest absolute Gasteiger partial charge is 0.0123 e. The second-order valence-corrected chi connectivity index (χ2v) is 6.44. The molecule has 1 aromatic carbocycles. The van der Waals surface area contributed by atoms with Crippen molar-refractivity contribution in [2.75, 3.05) is 19.6 Å². The van der Waals surface area contributed by atoms with Gasteiger partial charge >= 0.3 is 0 Å². The molecule has 4 unspecified atom stereocenters. The molecule has 2 aliphatic rings. The molecule has 2 nitrogen and oxygen atoms in total. The minimum atomic E-state index is 0.582. The fourth-order valence-corrected chi connectivity index (χ4v) is 3.76. The average molecular weight is 258 g/mol. The van der Waals surface area contributed by atoms with Gasteiger partial charge in [-0.05, 0) is 63.2 Å².